The third-order valence-electron chi connectivity index (χ3n) is 9.86. The molecule has 0 saturated carbocycles. The first kappa shape index (κ1) is 30.4. The van der Waals surface area contributed by atoms with E-state index in [1.165, 1.54) is 66.1 Å². The number of hydrogen-bond donors (Lipinski definition) is 0. The Hall–Kier alpha value is -6.70. The molecule has 0 atom stereocenters. The summed E-state index contributed by atoms with van der Waals surface area (Å²) in [4.78, 5) is 2.40. The van der Waals surface area contributed by atoms with Crippen molar-refractivity contribution in [3.05, 3.63) is 212 Å². The SMILES string of the molecule is c1ccc(-c2ccc(-c3ccc(N(c4cccc(-c5cc6ccccc6c6ccccc56)c4)c4ccccc4-c4ccccc4)cc3)cc2)cc1. The second-order valence-corrected chi connectivity index (χ2v) is 13.0. The zero-order valence-corrected chi connectivity index (χ0v) is 28.2. The van der Waals surface area contributed by atoms with Crippen LogP contribution in [0.15, 0.2) is 212 Å². The van der Waals surface area contributed by atoms with E-state index >= 15 is 0 Å². The fourth-order valence-electron chi connectivity index (χ4n) is 7.35. The molecule has 0 aliphatic heterocycles. The molecule has 0 radical (unpaired) electrons. The maximum absolute atomic E-state index is 2.40. The summed E-state index contributed by atoms with van der Waals surface area (Å²) < 4.78 is 0. The van der Waals surface area contributed by atoms with Gasteiger partial charge in [-0.15, -0.1) is 0 Å². The Morgan fingerprint density at radius 1 is 0.255 bits per heavy atom. The van der Waals surface area contributed by atoms with Crippen LogP contribution in [0.5, 0.6) is 0 Å². The van der Waals surface area contributed by atoms with Crippen LogP contribution >= 0.6 is 0 Å². The highest BCUT2D eigenvalue weighted by molar-refractivity contribution is 6.14. The molecular weight excluding hydrogens is 615 g/mol. The van der Waals surface area contributed by atoms with Gasteiger partial charge in [-0.05, 0) is 96.9 Å². The van der Waals surface area contributed by atoms with Crippen molar-refractivity contribution in [2.75, 3.05) is 4.90 Å². The van der Waals surface area contributed by atoms with Crippen molar-refractivity contribution >= 4 is 38.6 Å². The minimum absolute atomic E-state index is 1.10. The molecule has 0 aliphatic carbocycles. The molecule has 0 unspecified atom stereocenters. The van der Waals surface area contributed by atoms with Gasteiger partial charge in [-0.3, -0.25) is 0 Å². The lowest BCUT2D eigenvalue weighted by molar-refractivity contribution is 1.28. The lowest BCUT2D eigenvalue weighted by atomic mass is 9.93. The second-order valence-electron chi connectivity index (χ2n) is 13.0. The number of hydrogen-bond acceptors (Lipinski definition) is 1. The van der Waals surface area contributed by atoms with Crippen LogP contribution in [0.1, 0.15) is 0 Å². The second kappa shape index (κ2) is 13.3. The average molecular weight is 650 g/mol. The van der Waals surface area contributed by atoms with E-state index in [0.29, 0.717) is 0 Å². The van der Waals surface area contributed by atoms with Gasteiger partial charge in [-0.1, -0.05) is 176 Å². The van der Waals surface area contributed by atoms with E-state index in [2.05, 4.69) is 217 Å². The molecule has 0 fully saturated rings. The molecule has 0 aromatic heterocycles. The van der Waals surface area contributed by atoms with Crippen molar-refractivity contribution in [3.63, 3.8) is 0 Å². The molecular formula is C50H35N. The van der Waals surface area contributed by atoms with Crippen molar-refractivity contribution in [2.45, 2.75) is 0 Å². The van der Waals surface area contributed by atoms with Gasteiger partial charge in [0.2, 0.25) is 0 Å². The number of anilines is 3. The molecule has 1 heteroatoms. The predicted octanol–water partition coefficient (Wildman–Crippen LogP) is 14.1. The smallest absolute Gasteiger partial charge is 0.0540 e. The first-order chi connectivity index (χ1) is 25.3. The molecule has 240 valence electrons. The average Bonchev–Trinajstić information content (AvgIpc) is 3.22. The molecule has 9 aromatic rings. The van der Waals surface area contributed by atoms with Crippen LogP contribution in [0, 0.1) is 0 Å². The van der Waals surface area contributed by atoms with Crippen LogP contribution in [0.2, 0.25) is 0 Å². The number of benzene rings is 9. The molecule has 0 heterocycles. The Bertz CT molecular complexity index is 2600. The summed E-state index contributed by atoms with van der Waals surface area (Å²) in [6.07, 6.45) is 0. The summed E-state index contributed by atoms with van der Waals surface area (Å²) in [5, 5.41) is 5.05. The van der Waals surface area contributed by atoms with Crippen molar-refractivity contribution in [1.82, 2.24) is 0 Å². The van der Waals surface area contributed by atoms with E-state index in [0.717, 1.165) is 17.1 Å². The van der Waals surface area contributed by atoms with Crippen LogP contribution in [0.4, 0.5) is 17.1 Å². The van der Waals surface area contributed by atoms with Gasteiger partial charge >= 0.3 is 0 Å². The van der Waals surface area contributed by atoms with E-state index in [4.69, 9.17) is 0 Å². The largest absolute Gasteiger partial charge is 0.310 e. The summed E-state index contributed by atoms with van der Waals surface area (Å²) in [6.45, 7) is 0. The van der Waals surface area contributed by atoms with E-state index in [1.54, 1.807) is 0 Å². The summed E-state index contributed by atoms with van der Waals surface area (Å²) in [6, 6.07) is 76.6. The summed E-state index contributed by atoms with van der Waals surface area (Å²) in [5.74, 6) is 0. The van der Waals surface area contributed by atoms with Gasteiger partial charge in [-0.2, -0.15) is 0 Å². The summed E-state index contributed by atoms with van der Waals surface area (Å²) in [5.41, 5.74) is 13.0. The molecule has 1 nitrogen and oxygen atoms in total. The Kier molecular flexibility index (Phi) is 7.92. The Morgan fingerprint density at radius 3 is 1.47 bits per heavy atom. The fourth-order valence-corrected chi connectivity index (χ4v) is 7.35. The van der Waals surface area contributed by atoms with Crippen LogP contribution in [-0.2, 0) is 0 Å². The highest BCUT2D eigenvalue weighted by Crippen LogP contribution is 2.43. The number of fused-ring (bicyclic) bond motifs is 3. The maximum Gasteiger partial charge on any atom is 0.0540 e. The zero-order chi connectivity index (χ0) is 34.0. The van der Waals surface area contributed by atoms with E-state index in [1.807, 2.05) is 0 Å². The van der Waals surface area contributed by atoms with E-state index < -0.39 is 0 Å². The van der Waals surface area contributed by atoms with Crippen LogP contribution in [0.3, 0.4) is 0 Å². The van der Waals surface area contributed by atoms with Gasteiger partial charge in [-0.25, -0.2) is 0 Å². The van der Waals surface area contributed by atoms with Crippen molar-refractivity contribution in [2.24, 2.45) is 0 Å². The first-order valence-electron chi connectivity index (χ1n) is 17.5. The minimum atomic E-state index is 1.10. The van der Waals surface area contributed by atoms with Crippen LogP contribution < -0.4 is 4.90 Å². The number of nitrogens with zero attached hydrogens (tertiary/aromatic N) is 1. The lowest BCUT2D eigenvalue weighted by Crippen LogP contribution is -2.11. The molecule has 0 spiro atoms. The lowest BCUT2D eigenvalue weighted by Gasteiger charge is -2.28. The fraction of sp³-hybridized carbons (Fsp3) is 0. The van der Waals surface area contributed by atoms with Gasteiger partial charge in [0.05, 0.1) is 5.69 Å². The molecule has 0 aliphatic rings. The van der Waals surface area contributed by atoms with Gasteiger partial charge in [0.15, 0.2) is 0 Å². The minimum Gasteiger partial charge on any atom is -0.310 e. The van der Waals surface area contributed by atoms with Crippen LogP contribution in [-0.4, -0.2) is 0 Å². The quantitative estimate of drug-likeness (QED) is 0.155. The molecule has 0 saturated heterocycles. The van der Waals surface area contributed by atoms with Gasteiger partial charge in [0, 0.05) is 16.9 Å². The third-order valence-corrected chi connectivity index (χ3v) is 9.86. The summed E-state index contributed by atoms with van der Waals surface area (Å²) >= 11 is 0. The maximum atomic E-state index is 2.40. The molecule has 0 amide bonds. The predicted molar refractivity (Wildman–Crippen MR) is 218 cm³/mol. The molecule has 0 bridgehead atoms. The highest BCUT2D eigenvalue weighted by Gasteiger charge is 2.18. The van der Waals surface area contributed by atoms with Gasteiger partial charge in [0.1, 0.15) is 0 Å². The molecule has 51 heavy (non-hydrogen) atoms. The highest BCUT2D eigenvalue weighted by atomic mass is 15.1. The zero-order valence-electron chi connectivity index (χ0n) is 28.2. The topological polar surface area (TPSA) is 3.24 Å². The van der Waals surface area contributed by atoms with Crippen molar-refractivity contribution in [1.29, 1.82) is 0 Å². The Morgan fingerprint density at radius 2 is 0.765 bits per heavy atom. The Balaban J connectivity index is 1.17. The standard InChI is InChI=1S/C50H35N/c1-3-14-36(15-4-1)37-26-28-38(29-27-37)39-30-32-43(33-31-39)51(50-25-12-11-22-46(50)40-16-5-2-6-17-40)44-20-13-19-41(34-44)49-35-42-18-7-8-21-45(42)47-23-9-10-24-48(47)49/h1-35H. The number of rotatable bonds is 7. The van der Waals surface area contributed by atoms with Crippen molar-refractivity contribution < 1.29 is 0 Å². The monoisotopic (exact) mass is 649 g/mol. The normalized spacial score (nSPS) is 11.1. The van der Waals surface area contributed by atoms with E-state index in [-0.39, 0.29) is 0 Å². The number of para-hydroxylation sites is 1. The Labute approximate surface area is 299 Å². The van der Waals surface area contributed by atoms with Crippen molar-refractivity contribution in [3.8, 4) is 44.5 Å². The first-order valence-corrected chi connectivity index (χ1v) is 17.5. The molecule has 9 aromatic carbocycles. The molecule has 9 rings (SSSR count). The van der Waals surface area contributed by atoms with Gasteiger partial charge < -0.3 is 4.90 Å². The van der Waals surface area contributed by atoms with Crippen LogP contribution in [0.25, 0.3) is 66.1 Å². The van der Waals surface area contributed by atoms with Gasteiger partial charge in [0.25, 0.3) is 0 Å². The molecule has 0 N–H and O–H groups in total. The summed E-state index contributed by atoms with van der Waals surface area (Å²) in [7, 11) is 0. The third kappa shape index (κ3) is 5.86. The van der Waals surface area contributed by atoms with E-state index in [9.17, 15) is 0 Å².